The molecular formula is C29H38F2O. The number of benzene rings is 2. The molecule has 0 unspecified atom stereocenters. The van der Waals surface area contributed by atoms with Crippen LogP contribution in [0.3, 0.4) is 0 Å². The zero-order valence-corrected chi connectivity index (χ0v) is 19.7. The minimum Gasteiger partial charge on any atom is -0.491 e. The maximum atomic E-state index is 14.2. The molecule has 0 atom stereocenters. The summed E-state index contributed by atoms with van der Waals surface area (Å²) in [6.07, 6.45) is 15.6. The van der Waals surface area contributed by atoms with E-state index in [4.69, 9.17) is 4.74 Å². The summed E-state index contributed by atoms with van der Waals surface area (Å²) in [6.45, 7) is 4.33. The van der Waals surface area contributed by atoms with Crippen molar-refractivity contribution in [2.45, 2.75) is 84.0 Å². The van der Waals surface area contributed by atoms with Gasteiger partial charge in [0.1, 0.15) is 0 Å². The van der Waals surface area contributed by atoms with Gasteiger partial charge in [-0.25, -0.2) is 4.39 Å². The van der Waals surface area contributed by atoms with E-state index in [0.29, 0.717) is 30.4 Å². The molecule has 1 aliphatic carbocycles. The molecule has 0 radical (unpaired) electrons. The summed E-state index contributed by atoms with van der Waals surface area (Å²) in [5.74, 6) is -0.388. The van der Waals surface area contributed by atoms with Crippen molar-refractivity contribution in [3.05, 3.63) is 76.9 Å². The fourth-order valence-corrected chi connectivity index (χ4v) is 4.74. The molecule has 0 N–H and O–H groups in total. The van der Waals surface area contributed by atoms with Gasteiger partial charge >= 0.3 is 0 Å². The minimum absolute atomic E-state index is 0.00724. The molecule has 3 rings (SSSR count). The highest BCUT2D eigenvalue weighted by Crippen LogP contribution is 2.36. The first-order valence-electron chi connectivity index (χ1n) is 12.5. The number of halogens is 2. The van der Waals surface area contributed by atoms with Crippen molar-refractivity contribution in [1.29, 1.82) is 0 Å². The van der Waals surface area contributed by atoms with Gasteiger partial charge in [0.05, 0.1) is 6.61 Å². The van der Waals surface area contributed by atoms with Crippen LogP contribution in [0.5, 0.6) is 5.75 Å². The Balaban J connectivity index is 1.42. The molecule has 32 heavy (non-hydrogen) atoms. The number of hydrogen-bond acceptors (Lipinski definition) is 1. The van der Waals surface area contributed by atoms with E-state index in [0.717, 1.165) is 6.42 Å². The smallest absolute Gasteiger partial charge is 0.200 e. The summed E-state index contributed by atoms with van der Waals surface area (Å²) in [5.41, 5.74) is 3.36. The summed E-state index contributed by atoms with van der Waals surface area (Å²) in [7, 11) is 0. The van der Waals surface area contributed by atoms with Gasteiger partial charge in [-0.1, -0.05) is 62.2 Å². The van der Waals surface area contributed by atoms with Crippen molar-refractivity contribution in [2.75, 3.05) is 6.61 Å². The van der Waals surface area contributed by atoms with Crippen LogP contribution in [0.1, 0.15) is 87.8 Å². The second-order valence-electron chi connectivity index (χ2n) is 9.06. The third-order valence-electron chi connectivity index (χ3n) is 6.71. The lowest BCUT2D eigenvalue weighted by Gasteiger charge is -2.27. The molecule has 1 fully saturated rings. The molecule has 0 aromatic heterocycles. The first-order chi connectivity index (χ1) is 15.6. The van der Waals surface area contributed by atoms with Crippen molar-refractivity contribution in [1.82, 2.24) is 0 Å². The lowest BCUT2D eigenvalue weighted by atomic mass is 9.78. The van der Waals surface area contributed by atoms with Crippen molar-refractivity contribution in [2.24, 2.45) is 5.92 Å². The molecule has 1 saturated carbocycles. The molecule has 0 amide bonds. The Morgan fingerprint density at radius 1 is 0.875 bits per heavy atom. The lowest BCUT2D eigenvalue weighted by Crippen LogP contribution is -2.11. The molecule has 2 aromatic rings. The zero-order chi connectivity index (χ0) is 22.8. The van der Waals surface area contributed by atoms with E-state index in [-0.39, 0.29) is 5.75 Å². The van der Waals surface area contributed by atoms with Gasteiger partial charge in [0, 0.05) is 0 Å². The van der Waals surface area contributed by atoms with E-state index < -0.39 is 11.6 Å². The minimum atomic E-state index is -0.874. The number of hydrogen-bond donors (Lipinski definition) is 0. The van der Waals surface area contributed by atoms with Gasteiger partial charge in [0.2, 0.25) is 5.82 Å². The predicted molar refractivity (Wildman–Crippen MR) is 129 cm³/mol. The molecule has 1 nitrogen and oxygen atoms in total. The summed E-state index contributed by atoms with van der Waals surface area (Å²) in [6, 6.07) is 12.5. The van der Waals surface area contributed by atoms with Crippen LogP contribution < -0.4 is 4.74 Å². The molecule has 0 spiro atoms. The SMILES string of the molecule is CCCCCc1ccc(C2CCC(/C=C/CCc3ccc(OCC)c(F)c3F)CC2)cc1. The Kier molecular flexibility index (Phi) is 9.77. The lowest BCUT2D eigenvalue weighted by molar-refractivity contribution is 0.313. The molecule has 174 valence electrons. The summed E-state index contributed by atoms with van der Waals surface area (Å²) < 4.78 is 33.3. The molecule has 0 aliphatic heterocycles. The third-order valence-corrected chi connectivity index (χ3v) is 6.71. The largest absolute Gasteiger partial charge is 0.491 e. The molecule has 0 bridgehead atoms. The number of aryl methyl sites for hydroxylation is 2. The fourth-order valence-electron chi connectivity index (χ4n) is 4.74. The van der Waals surface area contributed by atoms with E-state index in [1.165, 1.54) is 68.6 Å². The summed E-state index contributed by atoms with van der Waals surface area (Å²) in [4.78, 5) is 0. The van der Waals surface area contributed by atoms with Gasteiger partial charge in [-0.05, 0) is 92.9 Å². The second-order valence-corrected chi connectivity index (χ2v) is 9.06. The van der Waals surface area contributed by atoms with Gasteiger partial charge in [-0.3, -0.25) is 0 Å². The standard InChI is InChI=1S/C29H38F2O/c1-3-5-6-9-22-12-16-24(17-13-22)25-18-14-23(15-19-25)10-7-8-11-26-20-21-27(32-4-2)29(31)28(26)30/h7,10,12-13,16-17,20-21,23,25H,3-6,8-9,11,14-15,18-19H2,1-2H3/b10-7+. The van der Waals surface area contributed by atoms with Crippen molar-refractivity contribution in [3.63, 3.8) is 0 Å². The predicted octanol–water partition coefficient (Wildman–Crippen LogP) is 8.56. The Morgan fingerprint density at radius 3 is 2.31 bits per heavy atom. The van der Waals surface area contributed by atoms with Crippen LogP contribution >= 0.6 is 0 Å². The Morgan fingerprint density at radius 2 is 1.62 bits per heavy atom. The van der Waals surface area contributed by atoms with Gasteiger partial charge < -0.3 is 4.74 Å². The molecule has 3 heteroatoms. The van der Waals surface area contributed by atoms with Crippen molar-refractivity contribution in [3.8, 4) is 5.75 Å². The second kappa shape index (κ2) is 12.8. The van der Waals surface area contributed by atoms with E-state index in [1.54, 1.807) is 13.0 Å². The maximum Gasteiger partial charge on any atom is 0.200 e. The fraction of sp³-hybridized carbons (Fsp3) is 0.517. The van der Waals surface area contributed by atoms with Crippen molar-refractivity contribution < 1.29 is 13.5 Å². The molecule has 0 saturated heterocycles. The van der Waals surface area contributed by atoms with Crippen LogP contribution in [0.15, 0.2) is 48.6 Å². The van der Waals surface area contributed by atoms with Crippen LogP contribution in [0.4, 0.5) is 8.78 Å². The zero-order valence-electron chi connectivity index (χ0n) is 19.7. The number of unbranched alkanes of at least 4 members (excludes halogenated alkanes) is 2. The van der Waals surface area contributed by atoms with E-state index in [2.05, 4.69) is 43.3 Å². The van der Waals surface area contributed by atoms with Crippen LogP contribution in [0.2, 0.25) is 0 Å². The van der Waals surface area contributed by atoms with Gasteiger partial charge in [0.15, 0.2) is 11.6 Å². The first kappa shape index (κ1) is 24.5. The average Bonchev–Trinajstić information content (AvgIpc) is 2.82. The van der Waals surface area contributed by atoms with Crippen LogP contribution in [-0.4, -0.2) is 6.61 Å². The maximum absolute atomic E-state index is 14.2. The topological polar surface area (TPSA) is 9.23 Å². The quantitative estimate of drug-likeness (QED) is 0.251. The first-order valence-corrected chi connectivity index (χ1v) is 12.5. The summed E-state index contributed by atoms with van der Waals surface area (Å²) in [5, 5.41) is 0. The molecular weight excluding hydrogens is 402 g/mol. The Labute approximate surface area is 192 Å². The molecule has 2 aromatic carbocycles. The van der Waals surface area contributed by atoms with Gasteiger partial charge in [-0.15, -0.1) is 0 Å². The van der Waals surface area contributed by atoms with Crippen LogP contribution in [0, 0.1) is 17.6 Å². The molecule has 0 heterocycles. The monoisotopic (exact) mass is 440 g/mol. The summed E-state index contributed by atoms with van der Waals surface area (Å²) >= 11 is 0. The van der Waals surface area contributed by atoms with Crippen LogP contribution in [-0.2, 0) is 12.8 Å². The van der Waals surface area contributed by atoms with Gasteiger partial charge in [0.25, 0.3) is 0 Å². The Hall–Kier alpha value is -2.16. The van der Waals surface area contributed by atoms with Crippen LogP contribution in [0.25, 0.3) is 0 Å². The highest BCUT2D eigenvalue weighted by Gasteiger charge is 2.21. The normalized spacial score (nSPS) is 18.9. The number of ether oxygens (including phenoxy) is 1. The third kappa shape index (κ3) is 6.92. The highest BCUT2D eigenvalue weighted by atomic mass is 19.2. The van der Waals surface area contributed by atoms with E-state index >= 15 is 0 Å². The Bertz CT molecular complexity index is 848. The average molecular weight is 441 g/mol. The highest BCUT2D eigenvalue weighted by molar-refractivity contribution is 5.31. The van der Waals surface area contributed by atoms with E-state index in [9.17, 15) is 8.78 Å². The molecule has 1 aliphatic rings. The number of rotatable bonds is 11. The van der Waals surface area contributed by atoms with E-state index in [1.807, 2.05) is 0 Å². The van der Waals surface area contributed by atoms with Crippen molar-refractivity contribution >= 4 is 0 Å². The van der Waals surface area contributed by atoms with Gasteiger partial charge in [-0.2, -0.15) is 4.39 Å². The number of allylic oxidation sites excluding steroid dienone is 2.